The molecule has 43 heavy (non-hydrogen) atoms. The number of aliphatic imine (C=N–C) groups is 1. The number of rotatable bonds is 5. The molecule has 1 aromatic heterocycles. The minimum Gasteiger partial charge on any atom is -0.340 e. The summed E-state index contributed by atoms with van der Waals surface area (Å²) in [5.74, 6) is 2.68. The smallest absolute Gasteiger partial charge is 0.261 e. The van der Waals surface area contributed by atoms with Gasteiger partial charge < -0.3 is 15.5 Å². The van der Waals surface area contributed by atoms with Gasteiger partial charge in [0, 0.05) is 36.9 Å². The zero-order chi connectivity index (χ0) is 30.6. The highest BCUT2D eigenvalue weighted by molar-refractivity contribution is 5.96. The molecule has 7 atom stereocenters. The van der Waals surface area contributed by atoms with Crippen LogP contribution in [0.1, 0.15) is 71.6 Å². The Balaban J connectivity index is 1.26. The van der Waals surface area contributed by atoms with Crippen LogP contribution in [0.25, 0.3) is 10.9 Å². The van der Waals surface area contributed by atoms with E-state index in [0.717, 1.165) is 48.6 Å². The Morgan fingerprint density at radius 1 is 1.14 bits per heavy atom. The van der Waals surface area contributed by atoms with Crippen LogP contribution in [0.4, 0.5) is 10.1 Å². The molecule has 1 saturated heterocycles. The highest BCUT2D eigenvalue weighted by Crippen LogP contribution is 2.61. The maximum absolute atomic E-state index is 14.5. The number of hydrogen-bond acceptors (Lipinski definition) is 4. The number of piperazine rings is 1. The van der Waals surface area contributed by atoms with Crippen molar-refractivity contribution < 1.29 is 4.39 Å². The van der Waals surface area contributed by atoms with Gasteiger partial charge in [-0.15, -0.1) is 0 Å². The molecule has 4 fully saturated rings. The van der Waals surface area contributed by atoms with E-state index in [9.17, 15) is 9.18 Å². The lowest BCUT2D eigenvalue weighted by atomic mass is 9.45. The fourth-order valence-corrected chi connectivity index (χ4v) is 8.03. The molecule has 4 aliphatic rings. The Bertz CT molecular complexity index is 1590. The molecule has 3 aliphatic carbocycles. The summed E-state index contributed by atoms with van der Waals surface area (Å²) >= 11 is 0. The summed E-state index contributed by atoms with van der Waals surface area (Å²) in [5.41, 5.74) is 3.29. The van der Waals surface area contributed by atoms with Crippen molar-refractivity contribution in [1.82, 2.24) is 19.8 Å². The van der Waals surface area contributed by atoms with Crippen LogP contribution in [-0.2, 0) is 6.42 Å². The fourth-order valence-electron chi connectivity index (χ4n) is 8.03. The molecule has 0 spiro atoms. The number of aryl methyl sites for hydroxylation is 1. The number of hydrogen-bond donors (Lipinski definition) is 2. The van der Waals surface area contributed by atoms with Gasteiger partial charge in [0.1, 0.15) is 5.82 Å². The van der Waals surface area contributed by atoms with Crippen molar-refractivity contribution in [3.05, 3.63) is 70.0 Å². The van der Waals surface area contributed by atoms with Gasteiger partial charge in [0.15, 0.2) is 5.96 Å². The van der Waals surface area contributed by atoms with Gasteiger partial charge in [0.25, 0.3) is 5.56 Å². The van der Waals surface area contributed by atoms with Crippen LogP contribution in [0.5, 0.6) is 0 Å². The monoisotopic (exact) mass is 586 g/mol. The molecule has 0 amide bonds. The normalized spacial score (nSPS) is 29.3. The first-order valence-corrected chi connectivity index (χ1v) is 16.0. The third-order valence-electron chi connectivity index (χ3n) is 10.7. The standard InChI is InChI=1S/C35H47FN6O/c1-20-8-9-25(30(36)12-20)13-23(4)42-19-37-32-16-27(10-11-28(32)33(42)43)39-34(41-17-21(2)38-22(3)18-41)40-31-15-26-14-29(24(31)5)35(26,6)7/h8-12,16,19,21-24,26,29,31,38H,13-15,17-18H2,1-7H3,(H,39,40)/t21-,22-,23+,24-,26-,29+,31-/m0/s1. The average Bonchev–Trinajstić information content (AvgIpc) is 2.94. The average molecular weight is 587 g/mol. The Morgan fingerprint density at radius 2 is 1.88 bits per heavy atom. The minimum absolute atomic E-state index is 0.118. The zero-order valence-corrected chi connectivity index (χ0v) is 26.7. The summed E-state index contributed by atoms with van der Waals surface area (Å²) in [6, 6.07) is 11.8. The van der Waals surface area contributed by atoms with Crippen LogP contribution in [0.2, 0.25) is 0 Å². The van der Waals surface area contributed by atoms with Gasteiger partial charge >= 0.3 is 0 Å². The molecule has 2 bridgehead atoms. The number of halogens is 1. The molecule has 2 heterocycles. The van der Waals surface area contributed by atoms with Crippen LogP contribution < -0.4 is 16.2 Å². The van der Waals surface area contributed by atoms with Crippen molar-refractivity contribution in [1.29, 1.82) is 0 Å². The molecule has 8 heteroatoms. The van der Waals surface area contributed by atoms with Gasteiger partial charge in [0.2, 0.25) is 0 Å². The summed E-state index contributed by atoms with van der Waals surface area (Å²) in [7, 11) is 0. The minimum atomic E-state index is -0.238. The number of aromatic nitrogens is 2. The van der Waals surface area contributed by atoms with Crippen LogP contribution in [0, 0.1) is 35.9 Å². The molecule has 3 saturated carbocycles. The van der Waals surface area contributed by atoms with Gasteiger partial charge in [-0.3, -0.25) is 9.36 Å². The van der Waals surface area contributed by atoms with Gasteiger partial charge in [-0.25, -0.2) is 14.4 Å². The molecule has 230 valence electrons. The summed E-state index contributed by atoms with van der Waals surface area (Å²) in [6.45, 7) is 17.3. The molecular weight excluding hydrogens is 539 g/mol. The summed E-state index contributed by atoms with van der Waals surface area (Å²) < 4.78 is 16.1. The Morgan fingerprint density at radius 3 is 2.56 bits per heavy atom. The van der Waals surface area contributed by atoms with Crippen molar-refractivity contribution in [2.24, 2.45) is 28.2 Å². The topological polar surface area (TPSA) is 74.6 Å². The van der Waals surface area contributed by atoms with Crippen LogP contribution in [0.3, 0.4) is 0 Å². The van der Waals surface area contributed by atoms with Gasteiger partial charge in [-0.05, 0) is 106 Å². The third-order valence-corrected chi connectivity index (χ3v) is 10.7. The molecule has 2 N–H and O–H groups in total. The highest BCUT2D eigenvalue weighted by atomic mass is 19.1. The van der Waals surface area contributed by atoms with E-state index >= 15 is 0 Å². The zero-order valence-electron chi connectivity index (χ0n) is 26.7. The Kier molecular flexibility index (Phi) is 7.86. The van der Waals surface area contributed by atoms with E-state index in [0.29, 0.717) is 52.3 Å². The van der Waals surface area contributed by atoms with Crippen LogP contribution in [-0.4, -0.2) is 51.6 Å². The second kappa shape index (κ2) is 11.3. The van der Waals surface area contributed by atoms with Crippen molar-refractivity contribution in [2.75, 3.05) is 18.4 Å². The lowest BCUT2D eigenvalue weighted by Gasteiger charge is -2.61. The van der Waals surface area contributed by atoms with Crippen molar-refractivity contribution >= 4 is 22.5 Å². The molecule has 3 aromatic rings. The quantitative estimate of drug-likeness (QED) is 0.276. The van der Waals surface area contributed by atoms with Crippen molar-refractivity contribution in [2.45, 2.75) is 91.9 Å². The van der Waals surface area contributed by atoms with E-state index in [2.05, 4.69) is 55.1 Å². The first-order chi connectivity index (χ1) is 20.4. The Labute approximate surface area is 255 Å². The molecule has 0 radical (unpaired) electrons. The lowest BCUT2D eigenvalue weighted by molar-refractivity contribution is -0.108. The Hall–Kier alpha value is -3.26. The first-order valence-electron chi connectivity index (χ1n) is 16.0. The first kappa shape index (κ1) is 29.8. The van der Waals surface area contributed by atoms with E-state index < -0.39 is 0 Å². The summed E-state index contributed by atoms with van der Waals surface area (Å²) in [4.78, 5) is 26.0. The molecular formula is C35H47FN6O. The third kappa shape index (κ3) is 5.70. The lowest BCUT2D eigenvalue weighted by Crippen LogP contribution is -2.59. The number of fused-ring (bicyclic) bond motifs is 3. The second-order valence-electron chi connectivity index (χ2n) is 14.3. The van der Waals surface area contributed by atoms with E-state index in [4.69, 9.17) is 4.99 Å². The number of guanidine groups is 1. The maximum atomic E-state index is 14.5. The summed E-state index contributed by atoms with van der Waals surface area (Å²) in [6.07, 6.45) is 4.48. The number of nitrogens with zero attached hydrogens (tertiary/aromatic N) is 4. The van der Waals surface area contributed by atoms with Gasteiger partial charge in [-0.2, -0.15) is 0 Å². The number of anilines is 1. The molecule has 7 nitrogen and oxygen atoms in total. The molecule has 0 unspecified atom stereocenters. The molecule has 7 rings (SSSR count). The largest absolute Gasteiger partial charge is 0.340 e. The van der Waals surface area contributed by atoms with Gasteiger partial charge in [-0.1, -0.05) is 32.9 Å². The summed E-state index contributed by atoms with van der Waals surface area (Å²) in [5, 5.41) is 7.85. The van der Waals surface area contributed by atoms with E-state index in [1.54, 1.807) is 17.0 Å². The van der Waals surface area contributed by atoms with E-state index in [1.165, 1.54) is 12.5 Å². The van der Waals surface area contributed by atoms with Gasteiger partial charge in [0.05, 0.1) is 23.3 Å². The number of benzene rings is 2. The van der Waals surface area contributed by atoms with E-state index in [-0.39, 0.29) is 17.4 Å². The van der Waals surface area contributed by atoms with Crippen LogP contribution >= 0.6 is 0 Å². The highest BCUT2D eigenvalue weighted by Gasteiger charge is 2.56. The van der Waals surface area contributed by atoms with Crippen molar-refractivity contribution in [3.8, 4) is 0 Å². The fraction of sp³-hybridized carbons (Fsp3) is 0.571. The predicted molar refractivity (Wildman–Crippen MR) is 173 cm³/mol. The maximum Gasteiger partial charge on any atom is 0.261 e. The molecule has 2 aromatic carbocycles. The van der Waals surface area contributed by atoms with Crippen molar-refractivity contribution in [3.63, 3.8) is 0 Å². The van der Waals surface area contributed by atoms with E-state index in [1.807, 2.05) is 38.1 Å². The molecule has 1 aliphatic heterocycles. The second-order valence-corrected chi connectivity index (χ2v) is 14.3. The number of nitrogens with one attached hydrogen (secondary N) is 2. The SMILES string of the molecule is Cc1ccc(C[C@@H](C)n2cnc3cc(NC(=N[C@H]4C[C@@H]5C[C@H]([C@@H]4C)C5(C)C)N4C[C@H](C)N[C@@H](C)C4)ccc3c2=O)c(F)c1. The van der Waals surface area contributed by atoms with Crippen LogP contribution in [0.15, 0.2) is 52.5 Å². The predicted octanol–water partition coefficient (Wildman–Crippen LogP) is 6.17.